The lowest BCUT2D eigenvalue weighted by atomic mass is 9.81. The first-order valence-corrected chi connectivity index (χ1v) is 9.94. The van der Waals surface area contributed by atoms with Crippen LogP contribution in [0.1, 0.15) is 44.0 Å². The van der Waals surface area contributed by atoms with Gasteiger partial charge < -0.3 is 10.3 Å². The van der Waals surface area contributed by atoms with Crippen molar-refractivity contribution in [2.45, 2.75) is 43.8 Å². The first kappa shape index (κ1) is 17.5. The van der Waals surface area contributed by atoms with Crippen LogP contribution in [0.3, 0.4) is 0 Å². The van der Waals surface area contributed by atoms with Crippen LogP contribution < -0.4 is 16.6 Å². The monoisotopic (exact) mass is 395 g/mol. The number of rotatable bonds is 2. The number of nitrogen functional groups attached to an aromatic ring is 1. The lowest BCUT2D eigenvalue weighted by Gasteiger charge is -2.42. The summed E-state index contributed by atoms with van der Waals surface area (Å²) >= 11 is 6.14. The number of para-hydroxylation sites is 2. The minimum absolute atomic E-state index is 0.188. The number of hydrazine groups is 1. The van der Waals surface area contributed by atoms with Crippen molar-refractivity contribution in [3.05, 3.63) is 47.5 Å². The second kappa shape index (κ2) is 6.46. The largest absolute Gasteiger partial charge is 0.397 e. The van der Waals surface area contributed by atoms with Gasteiger partial charge in [-0.15, -0.1) is 0 Å². The first-order chi connectivity index (χ1) is 13.6. The maximum absolute atomic E-state index is 6.52. The van der Waals surface area contributed by atoms with E-state index in [0.29, 0.717) is 5.69 Å². The summed E-state index contributed by atoms with van der Waals surface area (Å²) in [6, 6.07) is 9.62. The fraction of sp³-hybridized carbons (Fsp3) is 0.350. The normalized spacial score (nSPS) is 20.4. The smallest absolute Gasteiger partial charge is 0.224 e. The lowest BCUT2D eigenvalue weighted by molar-refractivity contribution is 0.275. The number of fused-ring (bicyclic) bond motifs is 4. The van der Waals surface area contributed by atoms with Crippen LogP contribution in [-0.4, -0.2) is 20.7 Å². The molecule has 0 radical (unpaired) electrons. The van der Waals surface area contributed by atoms with Crippen molar-refractivity contribution in [3.8, 4) is 0 Å². The molecule has 4 N–H and O–H groups in total. The highest BCUT2D eigenvalue weighted by atomic mass is 35.5. The van der Waals surface area contributed by atoms with Gasteiger partial charge in [-0.05, 0) is 42.6 Å². The number of halogens is 1. The van der Waals surface area contributed by atoms with E-state index in [-0.39, 0.29) is 10.8 Å². The van der Waals surface area contributed by atoms with E-state index in [2.05, 4.69) is 26.8 Å². The van der Waals surface area contributed by atoms with Crippen molar-refractivity contribution in [1.29, 1.82) is 0 Å². The van der Waals surface area contributed by atoms with Gasteiger partial charge in [0.05, 0.1) is 22.6 Å². The maximum Gasteiger partial charge on any atom is 0.224 e. The quantitative estimate of drug-likeness (QED) is 0.297. The Morgan fingerprint density at radius 2 is 1.96 bits per heavy atom. The van der Waals surface area contributed by atoms with E-state index in [0.717, 1.165) is 48.1 Å². The fourth-order valence-corrected chi connectivity index (χ4v) is 4.70. The third kappa shape index (κ3) is 2.57. The van der Waals surface area contributed by atoms with E-state index in [4.69, 9.17) is 28.2 Å². The Hall–Kier alpha value is -2.64. The Bertz CT molecular complexity index is 1070. The van der Waals surface area contributed by atoms with E-state index in [1.54, 1.807) is 11.2 Å². The average molecular weight is 396 g/mol. The van der Waals surface area contributed by atoms with Gasteiger partial charge >= 0.3 is 0 Å². The van der Waals surface area contributed by atoms with Gasteiger partial charge in [-0.2, -0.15) is 4.98 Å². The summed E-state index contributed by atoms with van der Waals surface area (Å²) in [6.07, 6.45) is 9.05. The third-order valence-corrected chi connectivity index (χ3v) is 6.09. The van der Waals surface area contributed by atoms with Gasteiger partial charge in [-0.1, -0.05) is 31.4 Å². The van der Waals surface area contributed by atoms with Crippen LogP contribution in [0.25, 0.3) is 11.0 Å². The van der Waals surface area contributed by atoms with E-state index < -0.39 is 6.17 Å². The molecule has 1 saturated carbocycles. The number of nitrogens with zero attached hydrogens (tertiary/aromatic N) is 5. The van der Waals surface area contributed by atoms with E-state index >= 15 is 0 Å². The van der Waals surface area contributed by atoms with Gasteiger partial charge in [0.25, 0.3) is 0 Å². The molecule has 1 aromatic carbocycles. The van der Waals surface area contributed by atoms with Crippen LogP contribution in [-0.2, 0) is 5.54 Å². The summed E-state index contributed by atoms with van der Waals surface area (Å²) in [4.78, 5) is 13.6. The van der Waals surface area contributed by atoms with E-state index in [1.165, 1.54) is 6.42 Å². The SMILES string of the molecule is Nc1ccccc1N(N)C1N=CC2(CCCCC2)n2c1cc1cnc(Cl)nc12. The number of benzene rings is 1. The van der Waals surface area contributed by atoms with E-state index in [1.807, 2.05) is 24.3 Å². The van der Waals surface area contributed by atoms with Gasteiger partial charge in [0.2, 0.25) is 5.28 Å². The highest BCUT2D eigenvalue weighted by Gasteiger charge is 2.41. The minimum atomic E-state index is -0.398. The molecule has 1 fully saturated rings. The number of aromatic nitrogens is 3. The molecular weight excluding hydrogens is 374 g/mol. The molecule has 1 unspecified atom stereocenters. The van der Waals surface area contributed by atoms with Crippen molar-refractivity contribution in [2.75, 3.05) is 10.7 Å². The number of hydrogen-bond acceptors (Lipinski definition) is 6. The van der Waals surface area contributed by atoms with E-state index in [9.17, 15) is 0 Å². The molecule has 2 aliphatic rings. The maximum atomic E-state index is 6.52. The highest BCUT2D eigenvalue weighted by Crippen LogP contribution is 2.44. The van der Waals surface area contributed by atoms with Gasteiger partial charge in [-0.25, -0.2) is 10.8 Å². The zero-order valence-corrected chi connectivity index (χ0v) is 16.2. The zero-order valence-electron chi connectivity index (χ0n) is 15.4. The molecule has 7 nitrogen and oxygen atoms in total. The molecule has 1 aliphatic heterocycles. The number of anilines is 2. The Labute approximate surface area is 168 Å². The molecular formula is C20H22ClN7. The van der Waals surface area contributed by atoms with Crippen LogP contribution in [0.5, 0.6) is 0 Å². The molecule has 3 heterocycles. The van der Waals surface area contributed by atoms with Gasteiger partial charge in [0, 0.05) is 17.8 Å². The van der Waals surface area contributed by atoms with Crippen molar-refractivity contribution >= 4 is 40.2 Å². The van der Waals surface area contributed by atoms with Gasteiger partial charge in [0.1, 0.15) is 5.65 Å². The number of aliphatic imine (C=N–C) groups is 1. The molecule has 3 aromatic rings. The molecule has 28 heavy (non-hydrogen) atoms. The lowest BCUT2D eigenvalue weighted by Crippen LogP contribution is -2.46. The highest BCUT2D eigenvalue weighted by molar-refractivity contribution is 6.28. The summed E-state index contributed by atoms with van der Waals surface area (Å²) < 4.78 is 2.28. The molecule has 2 aromatic heterocycles. The molecule has 0 bridgehead atoms. The molecule has 1 atom stereocenters. The molecule has 5 rings (SSSR count). The summed E-state index contributed by atoms with van der Waals surface area (Å²) in [6.45, 7) is 0. The van der Waals surface area contributed by atoms with Crippen LogP contribution in [0.4, 0.5) is 11.4 Å². The standard InChI is InChI=1S/C20H22ClN7/c21-19-24-11-13-10-16-18(28(23)15-7-3-2-6-14(15)22)25-12-20(8-4-1-5-9-20)27(16)17(13)26-19/h2-3,6-7,10-12,18H,1,4-5,8-9,22-23H2. The number of nitrogens with two attached hydrogens (primary N) is 2. The summed E-state index contributed by atoms with van der Waals surface area (Å²) in [5.41, 5.74) is 9.15. The number of hydrogen-bond donors (Lipinski definition) is 2. The molecule has 8 heteroatoms. The second-order valence-electron chi connectivity index (χ2n) is 7.60. The Morgan fingerprint density at radius 3 is 2.75 bits per heavy atom. The fourth-order valence-electron chi connectivity index (χ4n) is 4.58. The van der Waals surface area contributed by atoms with Crippen LogP contribution >= 0.6 is 11.6 Å². The Kier molecular flexibility index (Phi) is 4.03. The zero-order chi connectivity index (χ0) is 19.3. The van der Waals surface area contributed by atoms with Gasteiger partial charge in [0.15, 0.2) is 6.17 Å². The predicted octanol–water partition coefficient (Wildman–Crippen LogP) is 3.79. The van der Waals surface area contributed by atoms with Crippen molar-refractivity contribution < 1.29 is 0 Å². The molecule has 1 spiro atoms. The third-order valence-electron chi connectivity index (χ3n) is 5.90. The first-order valence-electron chi connectivity index (χ1n) is 9.56. The van der Waals surface area contributed by atoms with Crippen LogP contribution in [0, 0.1) is 0 Å². The minimum Gasteiger partial charge on any atom is -0.397 e. The van der Waals surface area contributed by atoms with Crippen molar-refractivity contribution in [2.24, 2.45) is 10.8 Å². The summed E-state index contributed by atoms with van der Waals surface area (Å²) in [5.74, 6) is 6.52. The summed E-state index contributed by atoms with van der Waals surface area (Å²) in [7, 11) is 0. The predicted molar refractivity (Wildman–Crippen MR) is 112 cm³/mol. The molecule has 1 aliphatic carbocycles. The van der Waals surface area contributed by atoms with Crippen LogP contribution in [0.15, 0.2) is 41.5 Å². The Balaban J connectivity index is 1.70. The van der Waals surface area contributed by atoms with Gasteiger partial charge in [-0.3, -0.25) is 10.0 Å². The molecule has 0 amide bonds. The second-order valence-corrected chi connectivity index (χ2v) is 7.94. The topological polar surface area (TPSA) is 98.3 Å². The van der Waals surface area contributed by atoms with Crippen molar-refractivity contribution in [1.82, 2.24) is 14.5 Å². The molecule has 0 saturated heterocycles. The van der Waals surface area contributed by atoms with Crippen molar-refractivity contribution in [3.63, 3.8) is 0 Å². The molecule has 144 valence electrons. The van der Waals surface area contributed by atoms with Crippen LogP contribution in [0.2, 0.25) is 5.28 Å². The summed E-state index contributed by atoms with van der Waals surface area (Å²) in [5, 5.41) is 2.81. The Morgan fingerprint density at radius 1 is 1.18 bits per heavy atom. The average Bonchev–Trinajstić information content (AvgIpc) is 3.09.